The van der Waals surface area contributed by atoms with Crippen molar-refractivity contribution in [2.75, 3.05) is 0 Å². The molecule has 0 bridgehead atoms. The topological polar surface area (TPSA) is 129 Å². The van der Waals surface area contributed by atoms with Crippen molar-refractivity contribution < 1.29 is 24.2 Å². The van der Waals surface area contributed by atoms with Crippen LogP contribution in [0.2, 0.25) is 0 Å². The lowest BCUT2D eigenvalue weighted by Gasteiger charge is -2.24. The molecule has 4 N–H and O–H groups in total. The van der Waals surface area contributed by atoms with Gasteiger partial charge in [0.1, 0.15) is 24.4 Å². The largest absolute Gasteiger partial charge is 0.508 e. The Balaban J connectivity index is 2.00. The molecule has 2 aromatic carbocycles. The van der Waals surface area contributed by atoms with Crippen LogP contribution in [0.25, 0.3) is 0 Å². The number of rotatable bonds is 12. The number of hydrogen-bond acceptors (Lipinski definition) is 6. The van der Waals surface area contributed by atoms with Gasteiger partial charge in [-0.1, -0.05) is 58.0 Å². The summed E-state index contributed by atoms with van der Waals surface area (Å²) in [5, 5.41) is 18.7. The van der Waals surface area contributed by atoms with Crippen molar-refractivity contribution in [3.8, 4) is 5.75 Å². The van der Waals surface area contributed by atoms with Crippen LogP contribution in [0.5, 0.6) is 5.75 Å². The first kappa shape index (κ1) is 28.4. The molecule has 0 aliphatic rings. The van der Waals surface area contributed by atoms with Crippen molar-refractivity contribution in [1.29, 1.82) is 0 Å². The summed E-state index contributed by atoms with van der Waals surface area (Å²) in [6.07, 6.45) is 1.50. The Morgan fingerprint density at radius 3 is 2.03 bits per heavy atom. The molecule has 9 nitrogen and oxygen atoms in total. The number of nitrogens with zero attached hydrogens (tertiary/aromatic N) is 1. The van der Waals surface area contributed by atoms with E-state index in [0.29, 0.717) is 18.4 Å². The van der Waals surface area contributed by atoms with Gasteiger partial charge in [-0.2, -0.15) is 5.10 Å². The molecule has 3 amide bonds. The van der Waals surface area contributed by atoms with Gasteiger partial charge in [0.15, 0.2) is 0 Å². The Kier molecular flexibility index (Phi) is 11.4. The van der Waals surface area contributed by atoms with Crippen LogP contribution in [0.15, 0.2) is 59.7 Å². The molecule has 9 heteroatoms. The molecular weight excluding hydrogens is 460 g/mol. The Labute approximate surface area is 212 Å². The minimum absolute atomic E-state index is 0.0834. The first-order valence-corrected chi connectivity index (χ1v) is 12.0. The minimum Gasteiger partial charge on any atom is -0.508 e. The molecule has 0 saturated heterocycles. The number of alkyl carbamates (subject to hydrolysis) is 1. The highest BCUT2D eigenvalue weighted by Gasteiger charge is 2.28. The number of ether oxygens (including phenoxy) is 1. The van der Waals surface area contributed by atoms with E-state index in [1.165, 1.54) is 18.3 Å². The molecule has 0 fully saturated rings. The summed E-state index contributed by atoms with van der Waals surface area (Å²) in [4.78, 5) is 38.3. The molecule has 0 unspecified atom stereocenters. The van der Waals surface area contributed by atoms with Crippen LogP contribution < -0.4 is 16.1 Å². The van der Waals surface area contributed by atoms with Gasteiger partial charge in [-0.3, -0.25) is 9.59 Å². The van der Waals surface area contributed by atoms with Crippen molar-refractivity contribution in [1.82, 2.24) is 16.1 Å². The van der Waals surface area contributed by atoms with Gasteiger partial charge in [0.05, 0.1) is 6.21 Å². The predicted molar refractivity (Wildman–Crippen MR) is 138 cm³/mol. The first-order chi connectivity index (χ1) is 17.1. The molecule has 2 rings (SSSR count). The molecule has 2 aromatic rings. The predicted octanol–water partition coefficient (Wildman–Crippen LogP) is 3.71. The number of nitrogens with one attached hydrogen (secondary N) is 3. The number of carbonyl (C=O) groups is 3. The molecule has 194 valence electrons. The lowest BCUT2D eigenvalue weighted by molar-refractivity contribution is -0.130. The summed E-state index contributed by atoms with van der Waals surface area (Å²) in [7, 11) is 0. The van der Waals surface area contributed by atoms with E-state index in [2.05, 4.69) is 21.2 Å². The molecule has 2 atom stereocenters. The Hall–Kier alpha value is -3.88. The quantitative estimate of drug-likeness (QED) is 0.263. The number of hydrazone groups is 1. The van der Waals surface area contributed by atoms with E-state index in [4.69, 9.17) is 4.74 Å². The Morgan fingerprint density at radius 2 is 1.44 bits per heavy atom. The second kappa shape index (κ2) is 14.5. The van der Waals surface area contributed by atoms with Crippen LogP contribution in [-0.4, -0.2) is 41.3 Å². The van der Waals surface area contributed by atoms with Gasteiger partial charge >= 0.3 is 6.09 Å². The number of hydrogen-bond donors (Lipinski definition) is 4. The van der Waals surface area contributed by atoms with E-state index in [1.807, 2.05) is 58.0 Å². The second-order valence-corrected chi connectivity index (χ2v) is 9.40. The van der Waals surface area contributed by atoms with Gasteiger partial charge in [0.25, 0.3) is 5.91 Å². The fraction of sp³-hybridized carbons (Fsp3) is 0.407. The van der Waals surface area contributed by atoms with Crippen LogP contribution >= 0.6 is 0 Å². The fourth-order valence-electron chi connectivity index (χ4n) is 3.39. The third kappa shape index (κ3) is 10.6. The smallest absolute Gasteiger partial charge is 0.408 e. The average Bonchev–Trinajstić information content (AvgIpc) is 2.83. The molecule has 0 aliphatic carbocycles. The monoisotopic (exact) mass is 496 g/mol. The van der Waals surface area contributed by atoms with E-state index < -0.39 is 30.0 Å². The number of amides is 3. The summed E-state index contributed by atoms with van der Waals surface area (Å²) in [6.45, 7) is 7.84. The molecule has 0 heterocycles. The maximum Gasteiger partial charge on any atom is 0.408 e. The van der Waals surface area contributed by atoms with Crippen molar-refractivity contribution in [3.63, 3.8) is 0 Å². The van der Waals surface area contributed by atoms with Crippen LogP contribution in [0.4, 0.5) is 4.79 Å². The number of carbonyl (C=O) groups excluding carboxylic acids is 3. The molecule has 0 saturated carbocycles. The van der Waals surface area contributed by atoms with Crippen LogP contribution in [0, 0.1) is 11.8 Å². The number of benzene rings is 2. The fourth-order valence-corrected chi connectivity index (χ4v) is 3.39. The van der Waals surface area contributed by atoms with Gasteiger partial charge < -0.3 is 20.5 Å². The van der Waals surface area contributed by atoms with Crippen molar-refractivity contribution >= 4 is 24.1 Å². The van der Waals surface area contributed by atoms with Gasteiger partial charge in [-0.25, -0.2) is 10.2 Å². The third-order valence-corrected chi connectivity index (χ3v) is 5.15. The molecule has 36 heavy (non-hydrogen) atoms. The SMILES string of the molecule is CC(C)C[C@H](NC(=O)OCc1ccccc1)C(=O)N[C@@H](CC(C)C)C(=O)N/N=C/c1ccc(O)cc1. The van der Waals surface area contributed by atoms with Gasteiger partial charge in [0, 0.05) is 0 Å². The summed E-state index contributed by atoms with van der Waals surface area (Å²) >= 11 is 0. The van der Waals surface area contributed by atoms with E-state index in [-0.39, 0.29) is 24.2 Å². The van der Waals surface area contributed by atoms with Crippen molar-refractivity contribution in [2.24, 2.45) is 16.9 Å². The zero-order valence-electron chi connectivity index (χ0n) is 21.2. The van der Waals surface area contributed by atoms with Crippen molar-refractivity contribution in [2.45, 2.75) is 59.2 Å². The second-order valence-electron chi connectivity index (χ2n) is 9.40. The van der Waals surface area contributed by atoms with Crippen molar-refractivity contribution in [3.05, 3.63) is 65.7 Å². The number of aromatic hydroxyl groups is 1. The zero-order valence-corrected chi connectivity index (χ0v) is 21.2. The van der Waals surface area contributed by atoms with Crippen LogP contribution in [-0.2, 0) is 20.9 Å². The summed E-state index contributed by atoms with van der Waals surface area (Å²) in [5.74, 6) is -0.577. The molecule has 0 aliphatic heterocycles. The lowest BCUT2D eigenvalue weighted by Crippen LogP contribution is -2.54. The standard InChI is InChI=1S/C27H36N4O5/c1-18(2)14-23(30-27(35)36-17-21-8-6-5-7-9-21)25(33)29-24(15-19(3)4)26(34)31-28-16-20-10-12-22(32)13-11-20/h5-13,16,18-19,23-24,32H,14-15,17H2,1-4H3,(H,29,33)(H,30,35)(H,31,34)/b28-16+/t23-,24-/m0/s1. The maximum atomic E-state index is 13.1. The van der Waals surface area contributed by atoms with Crippen LogP contribution in [0.1, 0.15) is 51.7 Å². The Morgan fingerprint density at radius 1 is 0.861 bits per heavy atom. The minimum atomic E-state index is -0.865. The zero-order chi connectivity index (χ0) is 26.5. The first-order valence-electron chi connectivity index (χ1n) is 12.0. The van der Waals surface area contributed by atoms with Gasteiger partial charge in [0.2, 0.25) is 5.91 Å². The third-order valence-electron chi connectivity index (χ3n) is 5.15. The highest BCUT2D eigenvalue weighted by atomic mass is 16.5. The average molecular weight is 497 g/mol. The lowest BCUT2D eigenvalue weighted by atomic mass is 10.0. The van der Waals surface area contributed by atoms with E-state index in [9.17, 15) is 19.5 Å². The van der Waals surface area contributed by atoms with Gasteiger partial charge in [-0.15, -0.1) is 0 Å². The van der Waals surface area contributed by atoms with E-state index >= 15 is 0 Å². The Bertz CT molecular complexity index is 1010. The normalized spacial score (nSPS) is 12.8. The van der Waals surface area contributed by atoms with E-state index in [0.717, 1.165) is 5.56 Å². The maximum absolute atomic E-state index is 13.1. The highest BCUT2D eigenvalue weighted by molar-refractivity contribution is 5.91. The van der Waals surface area contributed by atoms with Crippen LogP contribution in [0.3, 0.4) is 0 Å². The molecular formula is C27H36N4O5. The number of phenols is 1. The summed E-state index contributed by atoms with van der Waals surface area (Å²) < 4.78 is 5.27. The molecule has 0 radical (unpaired) electrons. The van der Waals surface area contributed by atoms with Gasteiger partial charge in [-0.05, 0) is 60.1 Å². The number of phenolic OH excluding ortho intramolecular Hbond substituents is 1. The molecule has 0 aromatic heterocycles. The summed E-state index contributed by atoms with van der Waals surface area (Å²) in [5.41, 5.74) is 3.98. The summed E-state index contributed by atoms with van der Waals surface area (Å²) in [6, 6.07) is 13.9. The highest BCUT2D eigenvalue weighted by Crippen LogP contribution is 2.10. The van der Waals surface area contributed by atoms with E-state index in [1.54, 1.807) is 12.1 Å². The molecule has 0 spiro atoms.